The van der Waals surface area contributed by atoms with E-state index in [1.165, 1.54) is 18.2 Å². The second-order valence-electron chi connectivity index (χ2n) is 9.81. The normalized spacial score (nSPS) is 36.0. The highest BCUT2D eigenvalue weighted by molar-refractivity contribution is 6.02. The molecule has 5 rings (SSSR count). The van der Waals surface area contributed by atoms with Gasteiger partial charge in [-0.25, -0.2) is 0 Å². The average Bonchev–Trinajstić information content (AvgIpc) is 2.92. The van der Waals surface area contributed by atoms with Gasteiger partial charge >= 0.3 is 0 Å². The maximum Gasteiger partial charge on any atom is 0.228 e. The Kier molecular flexibility index (Phi) is 8.15. The van der Waals surface area contributed by atoms with Crippen LogP contribution in [0, 0.1) is 0 Å². The fourth-order valence-electron chi connectivity index (χ4n) is 4.85. The van der Waals surface area contributed by atoms with Crippen LogP contribution in [0.1, 0.15) is 28.4 Å². The van der Waals surface area contributed by atoms with Gasteiger partial charge in [0.1, 0.15) is 77.4 Å². The monoisotopic (exact) mass is 566 g/mol. The van der Waals surface area contributed by atoms with Crippen LogP contribution >= 0.6 is 0 Å². The van der Waals surface area contributed by atoms with Crippen LogP contribution in [-0.4, -0.2) is 115 Å². The summed E-state index contributed by atoms with van der Waals surface area (Å²) in [6.07, 6.45) is -14.1. The predicted octanol–water partition coefficient (Wildman–Crippen LogP) is -1.55. The van der Waals surface area contributed by atoms with Gasteiger partial charge in [0.25, 0.3) is 0 Å². The first-order valence-electron chi connectivity index (χ1n) is 12.5. The van der Waals surface area contributed by atoms with E-state index < -0.39 is 68.0 Å². The molecule has 10 atom stereocenters. The molecule has 0 saturated carbocycles. The number of ether oxygens (including phenoxy) is 5. The number of fused-ring (bicyclic) bond motifs is 1. The lowest BCUT2D eigenvalue weighted by Crippen LogP contribution is -2.62. The molecule has 14 nitrogen and oxygen atoms in total. The largest absolute Gasteiger partial charge is 0.508 e. The highest BCUT2D eigenvalue weighted by Crippen LogP contribution is 2.41. The van der Waals surface area contributed by atoms with E-state index in [0.717, 1.165) is 6.07 Å². The molecule has 40 heavy (non-hydrogen) atoms. The third kappa shape index (κ3) is 5.45. The summed E-state index contributed by atoms with van der Waals surface area (Å²) in [7, 11) is 0. The van der Waals surface area contributed by atoms with Gasteiger partial charge in [0, 0.05) is 12.1 Å². The van der Waals surface area contributed by atoms with E-state index in [1.54, 1.807) is 12.1 Å². The van der Waals surface area contributed by atoms with E-state index in [-0.39, 0.29) is 47.4 Å². The zero-order chi connectivity index (χ0) is 28.7. The molecule has 218 valence electrons. The van der Waals surface area contributed by atoms with Gasteiger partial charge in [0.05, 0.1) is 19.6 Å². The molecule has 0 amide bonds. The number of carbonyl (C=O) groups is 1. The summed E-state index contributed by atoms with van der Waals surface area (Å²) >= 11 is 0. The fraction of sp³-hybridized carbons (Fsp3) is 0.500. The van der Waals surface area contributed by atoms with Gasteiger partial charge in [0.2, 0.25) is 6.29 Å². The van der Waals surface area contributed by atoms with E-state index in [0.29, 0.717) is 5.56 Å². The molecule has 2 aromatic rings. The third-order valence-corrected chi connectivity index (χ3v) is 7.08. The highest BCUT2D eigenvalue weighted by Gasteiger charge is 2.48. The Bertz CT molecular complexity index is 1200. The summed E-state index contributed by atoms with van der Waals surface area (Å²) in [6, 6.07) is 8.64. The maximum atomic E-state index is 12.5. The minimum absolute atomic E-state index is 0.00447. The van der Waals surface area contributed by atoms with Crippen molar-refractivity contribution in [2.45, 2.75) is 67.8 Å². The van der Waals surface area contributed by atoms with Crippen molar-refractivity contribution in [1.29, 1.82) is 0 Å². The number of hydrogen-bond donors (Lipinski definition) is 8. The van der Waals surface area contributed by atoms with Crippen molar-refractivity contribution in [3.63, 3.8) is 0 Å². The van der Waals surface area contributed by atoms with E-state index in [9.17, 15) is 45.6 Å². The third-order valence-electron chi connectivity index (χ3n) is 7.08. The molecule has 8 N–H and O–H groups in total. The summed E-state index contributed by atoms with van der Waals surface area (Å²) < 4.78 is 27.7. The van der Waals surface area contributed by atoms with Crippen molar-refractivity contribution >= 4 is 5.78 Å². The zero-order valence-corrected chi connectivity index (χ0v) is 20.9. The van der Waals surface area contributed by atoms with Gasteiger partial charge in [-0.1, -0.05) is 12.1 Å². The summed E-state index contributed by atoms with van der Waals surface area (Å²) in [5, 5.41) is 80.1. The van der Waals surface area contributed by atoms with Crippen LogP contribution < -0.4 is 9.47 Å². The second kappa shape index (κ2) is 11.4. The number of aliphatic hydroxyl groups excluding tert-OH is 6. The summed E-state index contributed by atoms with van der Waals surface area (Å²) in [4.78, 5) is 12.5. The lowest BCUT2D eigenvalue weighted by atomic mass is 9.95. The summed E-state index contributed by atoms with van der Waals surface area (Å²) in [6.45, 7) is -0.956. The molecule has 14 heteroatoms. The van der Waals surface area contributed by atoms with Gasteiger partial charge in [0.15, 0.2) is 12.1 Å². The van der Waals surface area contributed by atoms with Crippen LogP contribution in [0.25, 0.3) is 0 Å². The smallest absolute Gasteiger partial charge is 0.228 e. The molecule has 0 bridgehead atoms. The quantitative estimate of drug-likeness (QED) is 0.198. The Balaban J connectivity index is 1.19. The van der Waals surface area contributed by atoms with Gasteiger partial charge in [-0.2, -0.15) is 0 Å². The maximum absolute atomic E-state index is 12.5. The minimum atomic E-state index is -1.69. The number of aromatic hydroxyl groups is 2. The first-order chi connectivity index (χ1) is 19.1. The van der Waals surface area contributed by atoms with Gasteiger partial charge in [-0.05, 0) is 17.7 Å². The van der Waals surface area contributed by atoms with Gasteiger partial charge < -0.3 is 64.5 Å². The Morgan fingerprint density at radius 3 is 2.27 bits per heavy atom. The van der Waals surface area contributed by atoms with Crippen molar-refractivity contribution in [1.82, 2.24) is 0 Å². The number of ketones is 1. The van der Waals surface area contributed by atoms with Crippen molar-refractivity contribution in [3.05, 3.63) is 47.5 Å². The molecule has 2 saturated heterocycles. The molecule has 3 aliphatic heterocycles. The Morgan fingerprint density at radius 2 is 1.57 bits per heavy atom. The first-order valence-corrected chi connectivity index (χ1v) is 12.5. The number of benzene rings is 2. The Hall–Kier alpha value is -3.05. The average molecular weight is 567 g/mol. The molecule has 0 aliphatic carbocycles. The summed E-state index contributed by atoms with van der Waals surface area (Å²) in [5.74, 6) is -0.644. The van der Waals surface area contributed by atoms with E-state index in [2.05, 4.69) is 0 Å². The number of carbonyl (C=O) groups excluding carboxylic acids is 1. The zero-order valence-electron chi connectivity index (χ0n) is 20.9. The topological polar surface area (TPSA) is 225 Å². The molecule has 2 fully saturated rings. The molecular weight excluding hydrogens is 536 g/mol. The van der Waals surface area contributed by atoms with Crippen molar-refractivity contribution < 1.29 is 69.3 Å². The molecule has 2 aromatic carbocycles. The molecular formula is C26H30O14. The van der Waals surface area contributed by atoms with Crippen molar-refractivity contribution in [3.8, 4) is 23.0 Å². The fourth-order valence-corrected chi connectivity index (χ4v) is 4.85. The Labute approximate surface area is 227 Å². The molecule has 0 aromatic heterocycles. The lowest BCUT2D eigenvalue weighted by molar-refractivity contribution is -0.338. The predicted molar refractivity (Wildman–Crippen MR) is 130 cm³/mol. The van der Waals surface area contributed by atoms with Crippen molar-refractivity contribution in [2.75, 3.05) is 13.2 Å². The number of Topliss-reactive ketones (excluding diaryl/α,β-unsaturated/α-hetero) is 1. The molecule has 0 radical (unpaired) electrons. The first kappa shape index (κ1) is 28.5. The lowest BCUT2D eigenvalue weighted by Gasteiger charge is -2.43. The summed E-state index contributed by atoms with van der Waals surface area (Å²) in [5.41, 5.74) is 0.608. The van der Waals surface area contributed by atoms with E-state index in [4.69, 9.17) is 23.7 Å². The molecule has 0 unspecified atom stereocenters. The number of phenolic OH excluding ortho intramolecular Hbond substituents is 2. The molecule has 0 spiro atoms. The van der Waals surface area contributed by atoms with Crippen LogP contribution in [-0.2, 0) is 14.2 Å². The molecule has 3 aliphatic rings. The SMILES string of the molecule is O=C1C[C@@H](c2ccc(O[C@H]3OC[C@H](O[C@H]4O[C@@H](CO)[C@H](O)[C@H](O)[C@@H]4O)[C@@H](O)[C@@H]3O)cc2)Oc2cc(O)cc(O)c21. The standard InChI is InChI=1S/C26H30O14/c27-8-17-20(31)22(33)24(35)26(39-17)40-18-9-36-25(23(34)21(18)32)37-12-3-1-10(2-4-12)15-7-14(30)19-13(29)5-11(28)6-16(19)38-15/h1-6,15,17-18,20-29,31-35H,7-9H2/t15-,17-,18-,20-,21+,22-,23-,24-,25+,26+/m0/s1. The minimum Gasteiger partial charge on any atom is -0.508 e. The number of rotatable bonds is 6. The van der Waals surface area contributed by atoms with Crippen LogP contribution in [0.2, 0.25) is 0 Å². The van der Waals surface area contributed by atoms with Crippen LogP contribution in [0.3, 0.4) is 0 Å². The number of phenols is 2. The van der Waals surface area contributed by atoms with Gasteiger partial charge in [-0.15, -0.1) is 0 Å². The molecule has 3 heterocycles. The van der Waals surface area contributed by atoms with E-state index in [1.807, 2.05) is 0 Å². The van der Waals surface area contributed by atoms with E-state index >= 15 is 0 Å². The van der Waals surface area contributed by atoms with Crippen LogP contribution in [0.15, 0.2) is 36.4 Å². The van der Waals surface area contributed by atoms with Gasteiger partial charge in [-0.3, -0.25) is 4.79 Å². The second-order valence-corrected chi connectivity index (χ2v) is 9.81. The van der Waals surface area contributed by atoms with Crippen molar-refractivity contribution in [2.24, 2.45) is 0 Å². The number of aliphatic hydroxyl groups is 6. The Morgan fingerprint density at radius 1 is 0.875 bits per heavy atom. The number of hydrogen-bond acceptors (Lipinski definition) is 14. The highest BCUT2D eigenvalue weighted by atomic mass is 16.7. The van der Waals surface area contributed by atoms with Crippen LogP contribution in [0.5, 0.6) is 23.0 Å². The van der Waals surface area contributed by atoms with Crippen LogP contribution in [0.4, 0.5) is 0 Å².